The van der Waals surface area contributed by atoms with E-state index in [2.05, 4.69) is 5.43 Å². The lowest BCUT2D eigenvalue weighted by atomic mass is 10.1. The van der Waals surface area contributed by atoms with Gasteiger partial charge >= 0.3 is 0 Å². The molecule has 140 valence electrons. The summed E-state index contributed by atoms with van der Waals surface area (Å²) < 4.78 is 2.32. The van der Waals surface area contributed by atoms with Crippen LogP contribution in [0.15, 0.2) is 59.6 Å². The van der Waals surface area contributed by atoms with Crippen LogP contribution in [0, 0.1) is 6.92 Å². The fourth-order valence-electron chi connectivity index (χ4n) is 3.18. The molecule has 3 aromatic rings. The molecule has 1 aromatic heterocycles. The van der Waals surface area contributed by atoms with E-state index < -0.39 is 0 Å². The summed E-state index contributed by atoms with van der Waals surface area (Å²) >= 11 is 6.50. The van der Waals surface area contributed by atoms with E-state index in [0.29, 0.717) is 14.8 Å². The van der Waals surface area contributed by atoms with Crippen LogP contribution in [0.1, 0.15) is 21.5 Å². The molecule has 5 nitrogen and oxygen atoms in total. The van der Waals surface area contributed by atoms with Crippen molar-refractivity contribution in [3.8, 4) is 0 Å². The van der Waals surface area contributed by atoms with Crippen LogP contribution in [-0.2, 0) is 11.8 Å². The highest BCUT2D eigenvalue weighted by Crippen LogP contribution is 2.33. The molecule has 1 fully saturated rings. The van der Waals surface area contributed by atoms with Crippen molar-refractivity contribution in [2.45, 2.75) is 6.92 Å². The first-order valence-electron chi connectivity index (χ1n) is 8.64. The zero-order valence-electron chi connectivity index (χ0n) is 15.3. The lowest BCUT2D eigenvalue weighted by Crippen LogP contribution is -2.45. The molecule has 28 heavy (non-hydrogen) atoms. The number of carbonyl (C=O) groups excluding carboxylic acids is 2. The van der Waals surface area contributed by atoms with Crippen molar-refractivity contribution >= 4 is 57.1 Å². The van der Waals surface area contributed by atoms with E-state index in [4.69, 9.17) is 12.2 Å². The molecule has 2 amide bonds. The molecule has 1 aliphatic rings. The minimum Gasteiger partial charge on any atom is -0.350 e. The van der Waals surface area contributed by atoms with Crippen LogP contribution in [0.5, 0.6) is 0 Å². The van der Waals surface area contributed by atoms with E-state index in [1.807, 2.05) is 67.2 Å². The van der Waals surface area contributed by atoms with Crippen LogP contribution in [0.3, 0.4) is 0 Å². The molecule has 7 heteroatoms. The standard InChI is InChI=1S/C21H17N3O2S2/c1-13-7-3-4-8-15(13)19(25)22-24-20(26)18(28-21(24)27)11-14-12-23(2)17-10-6-5-9-16(14)17/h3-12H,1-2H3,(H,22,25). The molecule has 0 unspecified atom stereocenters. The minimum atomic E-state index is -0.360. The van der Waals surface area contributed by atoms with E-state index in [-0.39, 0.29) is 11.8 Å². The number of hydrazine groups is 1. The number of amides is 2. The number of thioether (sulfide) groups is 1. The normalized spacial score (nSPS) is 15.6. The summed E-state index contributed by atoms with van der Waals surface area (Å²) in [6.45, 7) is 1.85. The molecule has 0 aliphatic carbocycles. The Bertz CT molecular complexity index is 1160. The smallest absolute Gasteiger partial charge is 0.285 e. The van der Waals surface area contributed by atoms with Crippen molar-refractivity contribution in [1.82, 2.24) is 15.0 Å². The van der Waals surface area contributed by atoms with Gasteiger partial charge in [0.2, 0.25) is 0 Å². The molecule has 0 radical (unpaired) electrons. The number of hydrogen-bond donors (Lipinski definition) is 1. The van der Waals surface area contributed by atoms with E-state index >= 15 is 0 Å². The topological polar surface area (TPSA) is 54.3 Å². The number of aryl methyl sites for hydroxylation is 2. The van der Waals surface area contributed by atoms with Gasteiger partial charge in [-0.15, -0.1) is 0 Å². The number of nitrogens with one attached hydrogen (secondary N) is 1. The molecule has 1 N–H and O–H groups in total. The second kappa shape index (κ2) is 7.26. The van der Waals surface area contributed by atoms with E-state index in [1.165, 1.54) is 11.8 Å². The number of fused-ring (bicyclic) bond motifs is 1. The molecule has 4 rings (SSSR count). The number of carbonyl (C=O) groups is 2. The lowest BCUT2D eigenvalue weighted by molar-refractivity contribution is -0.123. The van der Waals surface area contributed by atoms with Gasteiger partial charge in [0.15, 0.2) is 4.32 Å². The minimum absolute atomic E-state index is 0.304. The zero-order valence-corrected chi connectivity index (χ0v) is 16.9. The van der Waals surface area contributed by atoms with Crippen molar-refractivity contribution in [3.05, 3.63) is 76.3 Å². The van der Waals surface area contributed by atoms with Gasteiger partial charge in [-0.1, -0.05) is 48.2 Å². The zero-order chi connectivity index (χ0) is 19.8. The van der Waals surface area contributed by atoms with Gasteiger partial charge in [0.05, 0.1) is 4.91 Å². The number of para-hydroxylation sites is 1. The average molecular weight is 408 g/mol. The highest BCUT2D eigenvalue weighted by Gasteiger charge is 2.34. The van der Waals surface area contributed by atoms with Crippen LogP contribution in [0.2, 0.25) is 0 Å². The van der Waals surface area contributed by atoms with Crippen molar-refractivity contribution < 1.29 is 9.59 Å². The first kappa shape index (κ1) is 18.5. The quantitative estimate of drug-likeness (QED) is 0.526. The lowest BCUT2D eigenvalue weighted by Gasteiger charge is -2.16. The van der Waals surface area contributed by atoms with Crippen LogP contribution < -0.4 is 5.43 Å². The molecular formula is C21H17N3O2S2. The molecule has 0 bridgehead atoms. The molecular weight excluding hydrogens is 390 g/mol. The third kappa shape index (κ3) is 3.23. The predicted octanol–water partition coefficient (Wildman–Crippen LogP) is 4.03. The summed E-state index contributed by atoms with van der Waals surface area (Å²) in [5.41, 5.74) is 5.98. The SMILES string of the molecule is Cc1ccccc1C(=O)NN1C(=O)C(=Cc2cn(C)c3ccccc23)SC1=S. The monoisotopic (exact) mass is 407 g/mol. The van der Waals surface area contributed by atoms with Crippen LogP contribution >= 0.6 is 24.0 Å². The third-order valence-electron chi connectivity index (χ3n) is 4.61. The van der Waals surface area contributed by atoms with Gasteiger partial charge in [-0.3, -0.25) is 15.0 Å². The Morgan fingerprint density at radius 1 is 1.14 bits per heavy atom. The number of hydrogen-bond acceptors (Lipinski definition) is 4. The van der Waals surface area contributed by atoms with Gasteiger partial charge in [0.25, 0.3) is 11.8 Å². The van der Waals surface area contributed by atoms with Gasteiger partial charge in [-0.05, 0) is 42.9 Å². The molecule has 1 saturated heterocycles. The summed E-state index contributed by atoms with van der Waals surface area (Å²) in [5.74, 6) is -0.689. The maximum Gasteiger partial charge on any atom is 0.285 e. The third-order valence-corrected chi connectivity index (χ3v) is 5.91. The van der Waals surface area contributed by atoms with E-state index in [9.17, 15) is 9.59 Å². The van der Waals surface area contributed by atoms with Gasteiger partial charge in [-0.25, -0.2) is 0 Å². The Morgan fingerprint density at radius 2 is 1.86 bits per heavy atom. The molecule has 2 aromatic carbocycles. The molecule has 2 heterocycles. The Kier molecular flexibility index (Phi) is 4.78. The second-order valence-corrected chi connectivity index (χ2v) is 8.16. The van der Waals surface area contributed by atoms with Gasteiger partial charge in [0, 0.05) is 35.3 Å². The van der Waals surface area contributed by atoms with Crippen molar-refractivity contribution in [3.63, 3.8) is 0 Å². The number of aromatic nitrogens is 1. The number of thiocarbonyl (C=S) groups is 1. The summed E-state index contributed by atoms with van der Waals surface area (Å²) in [6, 6.07) is 15.2. The Morgan fingerprint density at radius 3 is 2.64 bits per heavy atom. The Hall–Kier alpha value is -2.90. The second-order valence-electron chi connectivity index (χ2n) is 6.49. The average Bonchev–Trinajstić information content (AvgIpc) is 3.14. The van der Waals surface area contributed by atoms with Crippen LogP contribution in [0.25, 0.3) is 17.0 Å². The van der Waals surface area contributed by atoms with Gasteiger partial charge < -0.3 is 4.57 Å². The van der Waals surface area contributed by atoms with Crippen LogP contribution in [-0.4, -0.2) is 25.7 Å². The molecule has 0 saturated carbocycles. The molecule has 0 spiro atoms. The van der Waals surface area contributed by atoms with Gasteiger partial charge in [0.1, 0.15) is 0 Å². The fourth-order valence-corrected chi connectivity index (χ4v) is 4.35. The van der Waals surface area contributed by atoms with Crippen molar-refractivity contribution in [1.29, 1.82) is 0 Å². The first-order valence-corrected chi connectivity index (χ1v) is 9.87. The van der Waals surface area contributed by atoms with Crippen LogP contribution in [0.4, 0.5) is 0 Å². The number of rotatable bonds is 3. The maximum absolute atomic E-state index is 12.8. The first-order chi connectivity index (χ1) is 13.5. The fraction of sp³-hybridized carbons (Fsp3) is 0.0952. The van der Waals surface area contributed by atoms with Crippen molar-refractivity contribution in [2.75, 3.05) is 0 Å². The molecule has 1 aliphatic heterocycles. The predicted molar refractivity (Wildman–Crippen MR) is 117 cm³/mol. The van der Waals surface area contributed by atoms with Gasteiger partial charge in [-0.2, -0.15) is 5.01 Å². The summed E-state index contributed by atoms with van der Waals surface area (Å²) in [7, 11) is 1.97. The molecule has 0 atom stereocenters. The van der Waals surface area contributed by atoms with E-state index in [0.717, 1.165) is 27.0 Å². The summed E-state index contributed by atoms with van der Waals surface area (Å²) in [5, 5.41) is 2.20. The number of benzene rings is 2. The largest absolute Gasteiger partial charge is 0.350 e. The highest BCUT2D eigenvalue weighted by atomic mass is 32.2. The summed E-state index contributed by atoms with van der Waals surface area (Å²) in [6.07, 6.45) is 3.80. The maximum atomic E-state index is 12.8. The Labute approximate surface area is 172 Å². The summed E-state index contributed by atoms with van der Waals surface area (Å²) in [4.78, 5) is 25.9. The van der Waals surface area contributed by atoms with Crippen molar-refractivity contribution in [2.24, 2.45) is 7.05 Å². The number of nitrogens with zero attached hydrogens (tertiary/aromatic N) is 2. The highest BCUT2D eigenvalue weighted by molar-refractivity contribution is 8.26. The Balaban J connectivity index is 1.61. The van der Waals surface area contributed by atoms with E-state index in [1.54, 1.807) is 12.1 Å².